The molecule has 0 aromatic carbocycles. The summed E-state index contributed by atoms with van der Waals surface area (Å²) in [4.78, 5) is 0. The first-order chi connectivity index (χ1) is 5.73. The predicted molar refractivity (Wildman–Crippen MR) is 43.9 cm³/mol. The Hall–Kier alpha value is -0.130. The summed E-state index contributed by atoms with van der Waals surface area (Å²) in [5, 5.41) is 1.22. The van der Waals surface area contributed by atoms with Crippen molar-refractivity contribution >= 4 is 10.0 Å². The van der Waals surface area contributed by atoms with Gasteiger partial charge in [-0.25, -0.2) is 8.42 Å². The minimum atomic E-state index is -3.32. The molecule has 0 amide bonds. The third-order valence-corrected chi connectivity index (χ3v) is 2.92. The lowest BCUT2D eigenvalue weighted by Crippen LogP contribution is -2.51. The number of sulfonamides is 1. The minimum Gasteiger partial charge on any atom is -0.314 e. The number of nitrogens with zero attached hydrogens (tertiary/aromatic N) is 1. The fourth-order valence-corrected chi connectivity index (χ4v) is 2.16. The summed E-state index contributed by atoms with van der Waals surface area (Å²) >= 11 is 0. The second kappa shape index (κ2) is 3.08. The van der Waals surface area contributed by atoms with Crippen molar-refractivity contribution in [3.8, 4) is 0 Å². The molecule has 1 heterocycles. The molecule has 0 spiro atoms. The van der Waals surface area contributed by atoms with Crippen LogP contribution in [0.3, 0.4) is 0 Å². The number of hydrogen-bond acceptors (Lipinski definition) is 3. The molecular formula is C6H14N2O2S. The molecule has 11 heavy (non-hydrogen) atoms. The van der Waals surface area contributed by atoms with Crippen molar-refractivity contribution in [3.05, 3.63) is 0 Å². The molecule has 0 saturated carbocycles. The monoisotopic (exact) mass is 180 g/mol. The van der Waals surface area contributed by atoms with Crippen molar-refractivity contribution in [2.75, 3.05) is 25.9 Å². The van der Waals surface area contributed by atoms with Gasteiger partial charge in [-0.15, -0.1) is 0 Å². The first-order valence-electron chi connectivity index (χ1n) is 4.40. The van der Waals surface area contributed by atoms with E-state index in [0.29, 0.717) is 6.54 Å². The van der Waals surface area contributed by atoms with Crippen molar-refractivity contribution in [2.24, 2.45) is 0 Å². The van der Waals surface area contributed by atoms with Gasteiger partial charge in [0.1, 0.15) is 1.41 Å². The zero-order valence-corrected chi connectivity index (χ0v) is 7.56. The first-order valence-corrected chi connectivity index (χ1v) is 5.30. The van der Waals surface area contributed by atoms with Gasteiger partial charge in [-0.3, -0.25) is 0 Å². The number of rotatable bonds is 1. The quantitative estimate of drug-likeness (QED) is 0.577. The Labute approximate surface area is 70.5 Å². The van der Waals surface area contributed by atoms with E-state index in [1.807, 2.05) is 0 Å². The van der Waals surface area contributed by atoms with Gasteiger partial charge in [0, 0.05) is 27.0 Å². The molecule has 1 aliphatic heterocycles. The van der Waals surface area contributed by atoms with Gasteiger partial charge in [0.25, 0.3) is 0 Å². The Kier molecular flexibility index (Phi) is 1.79. The fraction of sp³-hybridized carbons (Fsp3) is 1.00. The van der Waals surface area contributed by atoms with Crippen LogP contribution in [0.25, 0.3) is 0 Å². The molecule has 1 saturated heterocycles. The van der Waals surface area contributed by atoms with Crippen LogP contribution in [0.1, 0.15) is 8.29 Å². The van der Waals surface area contributed by atoms with Crippen molar-refractivity contribution in [3.63, 3.8) is 0 Å². The molecule has 4 nitrogen and oxygen atoms in total. The van der Waals surface area contributed by atoms with Gasteiger partial charge in [0.05, 0.1) is 6.26 Å². The molecule has 0 aromatic rings. The highest BCUT2D eigenvalue weighted by Gasteiger charge is 2.25. The summed E-state index contributed by atoms with van der Waals surface area (Å²) in [6, 6.07) is -1.21. The van der Waals surface area contributed by atoms with E-state index in [1.165, 1.54) is 12.2 Å². The molecule has 5 heteroatoms. The average molecular weight is 180 g/mol. The third kappa shape index (κ3) is 2.15. The lowest BCUT2D eigenvalue weighted by molar-refractivity contribution is 0.285. The number of nitrogens with one attached hydrogen (secondary N) is 1. The Morgan fingerprint density at radius 3 is 2.91 bits per heavy atom. The molecule has 1 N–H and O–H groups in total. The van der Waals surface area contributed by atoms with Crippen LogP contribution < -0.4 is 5.31 Å². The van der Waals surface area contributed by atoms with Gasteiger partial charge in [-0.2, -0.15) is 4.31 Å². The van der Waals surface area contributed by atoms with Crippen molar-refractivity contribution in [1.29, 1.82) is 0 Å². The van der Waals surface area contributed by atoms with Crippen LogP contribution in [-0.4, -0.2) is 44.6 Å². The second-order valence-corrected chi connectivity index (χ2v) is 4.58. The molecule has 66 valence electrons. The van der Waals surface area contributed by atoms with E-state index in [-0.39, 0.29) is 13.1 Å². The summed E-state index contributed by atoms with van der Waals surface area (Å²) in [6.45, 7) is 2.22. The van der Waals surface area contributed by atoms with Crippen LogP contribution in [0.4, 0.5) is 0 Å². The summed E-state index contributed by atoms with van der Waals surface area (Å²) < 4.78 is 38.7. The van der Waals surface area contributed by atoms with Gasteiger partial charge in [-0.05, 0) is 6.92 Å². The molecular weight excluding hydrogens is 164 g/mol. The summed E-state index contributed by atoms with van der Waals surface area (Å²) in [7, 11) is -3.32. The SMILES string of the molecule is [2H]N1CCN(S(C)(=O)=O)C([2H])(C)C1. The van der Waals surface area contributed by atoms with Crippen LogP contribution in [0, 0.1) is 0 Å². The maximum absolute atomic E-state index is 11.2. The van der Waals surface area contributed by atoms with Gasteiger partial charge in [-0.1, -0.05) is 0 Å². The van der Waals surface area contributed by atoms with Crippen molar-refractivity contribution in [2.45, 2.75) is 12.9 Å². The Morgan fingerprint density at radius 1 is 1.82 bits per heavy atom. The van der Waals surface area contributed by atoms with Gasteiger partial charge < -0.3 is 5.31 Å². The Balaban J connectivity index is 2.89. The summed E-state index contributed by atoms with van der Waals surface area (Å²) in [5.74, 6) is 0. The maximum atomic E-state index is 11.2. The molecule has 1 fully saturated rings. The van der Waals surface area contributed by atoms with Crippen molar-refractivity contribution in [1.82, 2.24) is 9.62 Å². The highest BCUT2D eigenvalue weighted by molar-refractivity contribution is 7.88. The number of hydrogen-bond donors (Lipinski definition) is 1. The topological polar surface area (TPSA) is 49.4 Å². The first kappa shape index (κ1) is 6.39. The summed E-state index contributed by atoms with van der Waals surface area (Å²) in [6.07, 6.45) is 1.10. The molecule has 1 unspecified atom stereocenters. The second-order valence-electron chi connectivity index (χ2n) is 2.68. The summed E-state index contributed by atoms with van der Waals surface area (Å²) in [5.41, 5.74) is 0. The van der Waals surface area contributed by atoms with E-state index in [4.69, 9.17) is 2.78 Å². The Morgan fingerprint density at radius 2 is 2.45 bits per heavy atom. The van der Waals surface area contributed by atoms with Gasteiger partial charge in [0.15, 0.2) is 0 Å². The van der Waals surface area contributed by atoms with E-state index >= 15 is 0 Å². The Bertz CT molecular complexity index is 291. The zero-order valence-electron chi connectivity index (χ0n) is 8.74. The minimum absolute atomic E-state index is 0.125. The van der Waals surface area contributed by atoms with Crippen molar-refractivity contribution < 1.29 is 11.2 Å². The highest BCUT2D eigenvalue weighted by atomic mass is 32.2. The lowest BCUT2D eigenvalue weighted by atomic mass is 10.3. The normalized spacial score (nSPS) is 39.8. The van der Waals surface area contributed by atoms with E-state index in [2.05, 4.69) is 0 Å². The van der Waals surface area contributed by atoms with Gasteiger partial charge >= 0.3 is 0 Å². The van der Waals surface area contributed by atoms with Crippen LogP contribution in [0.15, 0.2) is 0 Å². The van der Waals surface area contributed by atoms with Crippen LogP contribution in [0.5, 0.6) is 0 Å². The number of piperazine rings is 1. The molecule has 0 bridgehead atoms. The van der Waals surface area contributed by atoms with E-state index in [9.17, 15) is 8.42 Å². The van der Waals surface area contributed by atoms with E-state index in [0.717, 1.165) is 10.6 Å². The highest BCUT2D eigenvalue weighted by Crippen LogP contribution is 2.06. The fourth-order valence-electron chi connectivity index (χ4n) is 1.12. The lowest BCUT2D eigenvalue weighted by Gasteiger charge is -2.31. The largest absolute Gasteiger partial charge is 0.314 e. The van der Waals surface area contributed by atoms with Crippen LogP contribution in [-0.2, 0) is 10.0 Å². The molecule has 0 radical (unpaired) electrons. The van der Waals surface area contributed by atoms with Gasteiger partial charge in [0.2, 0.25) is 10.0 Å². The maximum Gasteiger partial charge on any atom is 0.211 e. The van der Waals surface area contributed by atoms with E-state index in [1.54, 1.807) is 0 Å². The van der Waals surface area contributed by atoms with E-state index < -0.39 is 16.0 Å². The molecule has 1 aliphatic rings. The standard InChI is InChI=1S/C6H14N2O2S/c1-6-5-7-3-4-8(6)11(2,9)10/h6-7H,3-5H2,1-2H3/i6D/hD. The molecule has 1 atom stereocenters. The smallest absolute Gasteiger partial charge is 0.211 e. The third-order valence-electron chi connectivity index (χ3n) is 1.63. The van der Waals surface area contributed by atoms with Crippen LogP contribution in [0.2, 0.25) is 1.41 Å². The molecule has 1 rings (SSSR count). The predicted octanol–water partition coefficient (Wildman–Crippen LogP) is -0.760. The molecule has 0 aliphatic carbocycles. The average Bonchev–Trinajstić information content (AvgIpc) is 1.79. The van der Waals surface area contributed by atoms with Crippen LogP contribution >= 0.6 is 0 Å². The zero-order chi connectivity index (χ0) is 10.3. The molecule has 0 aromatic heterocycles.